The van der Waals surface area contributed by atoms with E-state index in [-0.39, 0.29) is 12.0 Å². The summed E-state index contributed by atoms with van der Waals surface area (Å²) in [6, 6.07) is 5.90. The first-order valence-electron chi connectivity index (χ1n) is 6.37. The number of anilines is 1. The smallest absolute Gasteiger partial charge is 0.321 e. The van der Waals surface area contributed by atoms with Gasteiger partial charge in [0, 0.05) is 11.3 Å². The second kappa shape index (κ2) is 6.04. The zero-order valence-corrected chi connectivity index (χ0v) is 12.2. The van der Waals surface area contributed by atoms with Crippen LogP contribution in [0, 0.1) is 0 Å². The first-order valence-corrected chi connectivity index (χ1v) is 7.19. The largest absolute Gasteiger partial charge is 0.490 e. The molecule has 2 N–H and O–H groups in total. The Morgan fingerprint density at radius 3 is 2.76 bits per heavy atom. The molecular weight excluding hydrogens is 292 g/mol. The Bertz CT molecular complexity index is 653. The predicted octanol–water partition coefficient (Wildman–Crippen LogP) is 1.77. The van der Waals surface area contributed by atoms with Crippen LogP contribution in [0.2, 0.25) is 0 Å². The standard InChI is InChI=1S/C13H14N4O3S/c1-18-12-15-11(14)16-13(17-12)21-8-3-4-9-10(7-8)20-6-2-5-19-9/h3-4,7H,2,5-6H2,1H3,(H2,14,15,16,17). The summed E-state index contributed by atoms with van der Waals surface area (Å²) in [5.74, 6) is 1.61. The van der Waals surface area contributed by atoms with Crippen molar-refractivity contribution in [2.75, 3.05) is 26.1 Å². The van der Waals surface area contributed by atoms with E-state index in [9.17, 15) is 0 Å². The molecule has 110 valence electrons. The molecule has 21 heavy (non-hydrogen) atoms. The summed E-state index contributed by atoms with van der Waals surface area (Å²) in [4.78, 5) is 13.0. The van der Waals surface area contributed by atoms with Gasteiger partial charge >= 0.3 is 6.01 Å². The van der Waals surface area contributed by atoms with Crippen molar-refractivity contribution in [2.45, 2.75) is 16.5 Å². The van der Waals surface area contributed by atoms with Crippen LogP contribution in [0.15, 0.2) is 28.3 Å². The Balaban J connectivity index is 1.85. The van der Waals surface area contributed by atoms with Gasteiger partial charge in [0.2, 0.25) is 11.1 Å². The van der Waals surface area contributed by atoms with Crippen molar-refractivity contribution in [1.29, 1.82) is 0 Å². The van der Waals surface area contributed by atoms with E-state index in [4.69, 9.17) is 19.9 Å². The molecule has 0 bridgehead atoms. The molecule has 1 aliphatic heterocycles. The monoisotopic (exact) mass is 306 g/mol. The fourth-order valence-electron chi connectivity index (χ4n) is 1.80. The minimum Gasteiger partial charge on any atom is -0.490 e. The third kappa shape index (κ3) is 3.27. The van der Waals surface area contributed by atoms with Gasteiger partial charge in [0.1, 0.15) is 0 Å². The van der Waals surface area contributed by atoms with Crippen molar-refractivity contribution in [2.24, 2.45) is 0 Å². The number of hydrogen-bond donors (Lipinski definition) is 1. The van der Waals surface area contributed by atoms with Crippen molar-refractivity contribution in [3.05, 3.63) is 18.2 Å². The van der Waals surface area contributed by atoms with Gasteiger partial charge in [-0.25, -0.2) is 0 Å². The molecule has 1 aromatic heterocycles. The minimum atomic E-state index is 0.124. The highest BCUT2D eigenvalue weighted by Gasteiger charge is 2.13. The molecule has 0 fully saturated rings. The van der Waals surface area contributed by atoms with Crippen LogP contribution in [-0.2, 0) is 0 Å². The fraction of sp³-hybridized carbons (Fsp3) is 0.308. The highest BCUT2D eigenvalue weighted by molar-refractivity contribution is 7.99. The lowest BCUT2D eigenvalue weighted by Gasteiger charge is -2.09. The van der Waals surface area contributed by atoms with Crippen molar-refractivity contribution in [3.8, 4) is 17.5 Å². The maximum Gasteiger partial charge on any atom is 0.321 e. The summed E-state index contributed by atoms with van der Waals surface area (Å²) in [6.45, 7) is 1.31. The van der Waals surface area contributed by atoms with Crippen molar-refractivity contribution < 1.29 is 14.2 Å². The summed E-state index contributed by atoms with van der Waals surface area (Å²) in [5.41, 5.74) is 5.62. The van der Waals surface area contributed by atoms with Crippen LogP contribution in [0.5, 0.6) is 17.5 Å². The Morgan fingerprint density at radius 2 is 1.95 bits per heavy atom. The summed E-state index contributed by atoms with van der Waals surface area (Å²) >= 11 is 1.35. The van der Waals surface area contributed by atoms with Gasteiger partial charge in [0.25, 0.3) is 0 Å². The molecule has 0 saturated carbocycles. The molecule has 3 rings (SSSR count). The average Bonchev–Trinajstić information content (AvgIpc) is 2.71. The van der Waals surface area contributed by atoms with Crippen LogP contribution in [0.1, 0.15) is 6.42 Å². The number of nitrogens with zero attached hydrogens (tertiary/aromatic N) is 3. The lowest BCUT2D eigenvalue weighted by atomic mass is 10.3. The number of rotatable bonds is 3. The van der Waals surface area contributed by atoms with Crippen LogP contribution in [0.25, 0.3) is 0 Å². The third-order valence-corrected chi connectivity index (χ3v) is 3.58. The first kappa shape index (κ1) is 13.7. The van der Waals surface area contributed by atoms with Gasteiger partial charge in [-0.05, 0) is 30.0 Å². The van der Waals surface area contributed by atoms with Gasteiger partial charge in [-0.2, -0.15) is 15.0 Å². The number of nitrogens with two attached hydrogens (primary N) is 1. The van der Waals surface area contributed by atoms with Crippen LogP contribution in [-0.4, -0.2) is 35.3 Å². The molecule has 0 saturated heterocycles. The highest BCUT2D eigenvalue weighted by atomic mass is 32.2. The van der Waals surface area contributed by atoms with Crippen molar-refractivity contribution in [1.82, 2.24) is 15.0 Å². The Morgan fingerprint density at radius 1 is 1.14 bits per heavy atom. The minimum absolute atomic E-state index is 0.124. The number of hydrogen-bond acceptors (Lipinski definition) is 8. The molecule has 1 aliphatic rings. The molecule has 2 aromatic rings. The maximum atomic E-state index is 5.65. The second-order valence-corrected chi connectivity index (χ2v) is 5.26. The molecule has 1 aromatic carbocycles. The first-order chi connectivity index (χ1) is 10.2. The number of methoxy groups -OCH3 is 1. The number of aromatic nitrogens is 3. The molecule has 8 heteroatoms. The van der Waals surface area contributed by atoms with Crippen LogP contribution in [0.4, 0.5) is 5.95 Å². The Hall–Kier alpha value is -2.22. The third-order valence-electron chi connectivity index (χ3n) is 2.72. The van der Waals surface area contributed by atoms with Gasteiger partial charge < -0.3 is 19.9 Å². The zero-order valence-electron chi connectivity index (χ0n) is 11.4. The molecule has 0 aliphatic carbocycles. The predicted molar refractivity (Wildman–Crippen MR) is 77.0 cm³/mol. The van der Waals surface area contributed by atoms with Crippen molar-refractivity contribution >= 4 is 17.7 Å². The summed E-state index contributed by atoms with van der Waals surface area (Å²) in [7, 11) is 1.48. The summed E-state index contributed by atoms with van der Waals surface area (Å²) < 4.78 is 16.2. The zero-order chi connectivity index (χ0) is 14.7. The van der Waals surface area contributed by atoms with Gasteiger partial charge in [-0.15, -0.1) is 0 Å². The molecule has 0 atom stereocenters. The lowest BCUT2D eigenvalue weighted by Crippen LogP contribution is -2.01. The van der Waals surface area contributed by atoms with Gasteiger partial charge in [-0.3, -0.25) is 0 Å². The number of nitrogen functional groups attached to an aromatic ring is 1. The molecular formula is C13H14N4O3S. The number of fused-ring (bicyclic) bond motifs is 1. The van der Waals surface area contributed by atoms with Gasteiger partial charge in [0.15, 0.2) is 11.5 Å². The van der Waals surface area contributed by atoms with Gasteiger partial charge in [0.05, 0.1) is 20.3 Å². The normalized spacial score (nSPS) is 13.6. The summed E-state index contributed by atoms with van der Waals surface area (Å²) in [5, 5.41) is 0.467. The van der Waals surface area contributed by atoms with Crippen LogP contribution in [0.3, 0.4) is 0 Å². The average molecular weight is 306 g/mol. The van der Waals surface area contributed by atoms with E-state index >= 15 is 0 Å². The summed E-state index contributed by atoms with van der Waals surface area (Å²) in [6.07, 6.45) is 0.873. The van der Waals surface area contributed by atoms with E-state index in [0.29, 0.717) is 18.4 Å². The van der Waals surface area contributed by atoms with Crippen LogP contribution < -0.4 is 19.9 Å². The van der Waals surface area contributed by atoms with Gasteiger partial charge in [-0.1, -0.05) is 0 Å². The quantitative estimate of drug-likeness (QED) is 0.917. The SMILES string of the molecule is COc1nc(N)nc(Sc2ccc3c(c2)OCCCO3)n1. The topological polar surface area (TPSA) is 92.4 Å². The van der Waals surface area contributed by atoms with E-state index in [0.717, 1.165) is 22.8 Å². The molecule has 0 unspecified atom stereocenters. The number of benzene rings is 1. The molecule has 0 radical (unpaired) electrons. The van der Waals surface area contributed by atoms with E-state index in [1.54, 1.807) is 0 Å². The Labute approximate surface area is 125 Å². The van der Waals surface area contributed by atoms with Crippen molar-refractivity contribution in [3.63, 3.8) is 0 Å². The van der Waals surface area contributed by atoms with E-state index in [1.807, 2.05) is 18.2 Å². The Kier molecular flexibility index (Phi) is 3.96. The molecule has 2 heterocycles. The van der Waals surface area contributed by atoms with E-state index < -0.39 is 0 Å². The molecule has 0 amide bonds. The lowest BCUT2D eigenvalue weighted by molar-refractivity contribution is 0.297. The van der Waals surface area contributed by atoms with E-state index in [1.165, 1.54) is 18.9 Å². The highest BCUT2D eigenvalue weighted by Crippen LogP contribution is 2.35. The molecule has 0 spiro atoms. The van der Waals surface area contributed by atoms with E-state index in [2.05, 4.69) is 15.0 Å². The second-order valence-electron chi connectivity index (χ2n) is 4.22. The maximum absolute atomic E-state index is 5.65. The number of ether oxygens (including phenoxy) is 3. The van der Waals surface area contributed by atoms with Crippen LogP contribution >= 0.6 is 11.8 Å². The molecule has 7 nitrogen and oxygen atoms in total. The fourth-order valence-corrected chi connectivity index (χ4v) is 2.58.